The third kappa shape index (κ3) is 3.28. The predicted octanol–water partition coefficient (Wildman–Crippen LogP) is 2.27. The van der Waals surface area contributed by atoms with Gasteiger partial charge in [-0.2, -0.15) is 0 Å². The van der Waals surface area contributed by atoms with E-state index in [1.807, 2.05) is 19.1 Å². The van der Waals surface area contributed by atoms with Gasteiger partial charge in [0.05, 0.1) is 18.8 Å². The molecule has 2 N–H and O–H groups in total. The maximum absolute atomic E-state index is 12.3. The Hall–Kier alpha value is -1.96. The van der Waals surface area contributed by atoms with Gasteiger partial charge in [0.15, 0.2) is 6.29 Å². The van der Waals surface area contributed by atoms with Gasteiger partial charge in [-0.25, -0.2) is 0 Å². The molecule has 7 heteroatoms. The number of carbonyl (C=O) groups is 2. The van der Waals surface area contributed by atoms with Crippen LogP contribution >= 0.6 is 11.3 Å². The van der Waals surface area contributed by atoms with Crippen LogP contribution in [0.5, 0.6) is 5.75 Å². The molecule has 1 saturated heterocycles. The third-order valence-corrected chi connectivity index (χ3v) is 5.09. The van der Waals surface area contributed by atoms with Crippen molar-refractivity contribution >= 4 is 33.1 Å². The van der Waals surface area contributed by atoms with E-state index in [-0.39, 0.29) is 6.61 Å². The van der Waals surface area contributed by atoms with Gasteiger partial charge in [-0.05, 0) is 25.0 Å². The highest BCUT2D eigenvalue weighted by atomic mass is 32.1. The van der Waals surface area contributed by atoms with Crippen LogP contribution < -0.4 is 10.5 Å². The van der Waals surface area contributed by atoms with Crippen molar-refractivity contribution in [1.82, 2.24) is 0 Å². The van der Waals surface area contributed by atoms with E-state index in [1.165, 1.54) is 11.3 Å². The first-order valence-corrected chi connectivity index (χ1v) is 8.68. The van der Waals surface area contributed by atoms with Crippen LogP contribution in [-0.4, -0.2) is 37.8 Å². The monoisotopic (exact) mass is 349 g/mol. The first kappa shape index (κ1) is 16.9. The summed E-state index contributed by atoms with van der Waals surface area (Å²) >= 11 is 1.47. The van der Waals surface area contributed by atoms with E-state index in [0.29, 0.717) is 36.3 Å². The summed E-state index contributed by atoms with van der Waals surface area (Å²) in [6, 6.07) is 5.53. The average molecular weight is 349 g/mol. The first-order chi connectivity index (χ1) is 11.6. The molecule has 0 aliphatic carbocycles. The third-order valence-electron chi connectivity index (χ3n) is 3.79. The van der Waals surface area contributed by atoms with Gasteiger partial charge in [0.1, 0.15) is 12.4 Å². The van der Waals surface area contributed by atoms with Gasteiger partial charge in [-0.3, -0.25) is 9.59 Å². The lowest BCUT2D eigenvalue weighted by molar-refractivity contribution is -0.190. The second-order valence-electron chi connectivity index (χ2n) is 5.41. The van der Waals surface area contributed by atoms with Crippen LogP contribution in [0.25, 0.3) is 10.1 Å². The van der Waals surface area contributed by atoms with E-state index in [4.69, 9.17) is 19.9 Å². The lowest BCUT2D eigenvalue weighted by Crippen LogP contribution is -2.30. The molecular weight excluding hydrogens is 330 g/mol. The predicted molar refractivity (Wildman–Crippen MR) is 90.5 cm³/mol. The van der Waals surface area contributed by atoms with Gasteiger partial charge in [-0.1, -0.05) is 13.0 Å². The molecule has 0 atom stereocenters. The maximum atomic E-state index is 12.3. The number of carbonyl (C=O) groups excluding carboxylic acids is 2. The largest absolute Gasteiger partial charge is 0.488 e. The lowest BCUT2D eigenvalue weighted by Gasteiger charge is -2.23. The number of thiophene rings is 1. The molecule has 6 nitrogen and oxygen atoms in total. The Morgan fingerprint density at radius 2 is 2.08 bits per heavy atom. The maximum Gasteiger partial charge on any atom is 0.289 e. The molecule has 1 aromatic heterocycles. The normalized spacial score (nSPS) is 15.5. The van der Waals surface area contributed by atoms with Gasteiger partial charge in [-0.15, -0.1) is 11.3 Å². The summed E-state index contributed by atoms with van der Waals surface area (Å²) in [4.78, 5) is 24.5. The van der Waals surface area contributed by atoms with Crippen molar-refractivity contribution in [3.63, 3.8) is 0 Å². The molecule has 2 heterocycles. The van der Waals surface area contributed by atoms with Crippen molar-refractivity contribution in [2.75, 3.05) is 19.8 Å². The van der Waals surface area contributed by atoms with Crippen molar-refractivity contribution in [1.29, 1.82) is 0 Å². The number of primary amides is 1. The molecule has 0 saturated carbocycles. The first-order valence-electron chi connectivity index (χ1n) is 7.86. The van der Waals surface area contributed by atoms with E-state index in [1.54, 1.807) is 6.07 Å². The topological polar surface area (TPSA) is 87.8 Å². The quantitative estimate of drug-likeness (QED) is 0.638. The minimum atomic E-state index is -0.960. The number of rotatable bonds is 6. The van der Waals surface area contributed by atoms with Crippen molar-refractivity contribution in [2.45, 2.75) is 26.1 Å². The zero-order valence-corrected chi connectivity index (χ0v) is 14.2. The van der Waals surface area contributed by atoms with E-state index in [2.05, 4.69) is 0 Å². The van der Waals surface area contributed by atoms with Crippen LogP contribution in [0.2, 0.25) is 0 Å². The summed E-state index contributed by atoms with van der Waals surface area (Å²) < 4.78 is 17.7. The molecule has 3 rings (SSSR count). The average Bonchev–Trinajstić information content (AvgIpc) is 2.99. The molecule has 0 radical (unpaired) electrons. The Labute approximate surface area is 143 Å². The highest BCUT2D eigenvalue weighted by Crippen LogP contribution is 2.38. The SMILES string of the molecule is CCc1sc2cccc(OCC3OCCCO3)c2c1C(=O)C(N)=O. The van der Waals surface area contributed by atoms with Gasteiger partial charge in [0.2, 0.25) is 0 Å². The van der Waals surface area contributed by atoms with Gasteiger partial charge in [0, 0.05) is 15.0 Å². The highest BCUT2D eigenvalue weighted by Gasteiger charge is 2.25. The Morgan fingerprint density at radius 3 is 2.75 bits per heavy atom. The molecular formula is C17H19NO5S. The minimum Gasteiger partial charge on any atom is -0.488 e. The Bertz CT molecular complexity index is 764. The van der Waals surface area contributed by atoms with Crippen molar-refractivity contribution in [3.8, 4) is 5.75 Å². The Kier molecular flexibility index (Phi) is 5.13. The van der Waals surface area contributed by atoms with Crippen LogP contribution in [0, 0.1) is 0 Å². The second kappa shape index (κ2) is 7.29. The number of benzene rings is 1. The number of Topliss-reactive ketones (excluding diaryl/α,β-unsaturated/α-hetero) is 1. The molecule has 128 valence electrons. The molecule has 1 aromatic carbocycles. The van der Waals surface area contributed by atoms with E-state index in [9.17, 15) is 9.59 Å². The van der Waals surface area contributed by atoms with Crippen LogP contribution in [0.1, 0.15) is 28.6 Å². The molecule has 1 aliphatic heterocycles. The lowest BCUT2D eigenvalue weighted by atomic mass is 10.0. The van der Waals surface area contributed by atoms with Crippen LogP contribution in [0.4, 0.5) is 0 Å². The summed E-state index contributed by atoms with van der Waals surface area (Å²) in [7, 11) is 0. The molecule has 0 spiro atoms. The number of fused-ring (bicyclic) bond motifs is 1. The van der Waals surface area contributed by atoms with E-state index in [0.717, 1.165) is 16.0 Å². The van der Waals surface area contributed by atoms with Crippen molar-refractivity contribution in [2.24, 2.45) is 5.73 Å². The number of ketones is 1. The van der Waals surface area contributed by atoms with Gasteiger partial charge < -0.3 is 19.9 Å². The zero-order valence-electron chi connectivity index (χ0n) is 13.4. The summed E-state index contributed by atoms with van der Waals surface area (Å²) in [5.41, 5.74) is 5.57. The standard InChI is InChI=1S/C17H19NO5S/c1-2-11-15(16(19)17(18)20)14-10(5-3-6-12(14)24-11)23-9-13-21-7-4-8-22-13/h3,5-6,13H,2,4,7-9H2,1H3,(H2,18,20). The number of aryl methyl sites for hydroxylation is 1. The fourth-order valence-electron chi connectivity index (χ4n) is 2.69. The van der Waals surface area contributed by atoms with Crippen LogP contribution in [0.3, 0.4) is 0 Å². The summed E-state index contributed by atoms with van der Waals surface area (Å²) in [5, 5.41) is 0.638. The van der Waals surface area contributed by atoms with Crippen LogP contribution in [-0.2, 0) is 20.7 Å². The second-order valence-corrected chi connectivity index (χ2v) is 6.55. The fourth-order valence-corrected chi connectivity index (χ4v) is 3.85. The number of hydrogen-bond donors (Lipinski definition) is 1. The zero-order chi connectivity index (χ0) is 17.1. The molecule has 0 unspecified atom stereocenters. The summed E-state index contributed by atoms with van der Waals surface area (Å²) in [6.07, 6.45) is 1.09. The molecule has 1 fully saturated rings. The fraction of sp³-hybridized carbons (Fsp3) is 0.412. The van der Waals surface area contributed by atoms with Gasteiger partial charge >= 0.3 is 0 Å². The minimum absolute atomic E-state index is 0.223. The number of hydrogen-bond acceptors (Lipinski definition) is 6. The molecule has 1 aliphatic rings. The Morgan fingerprint density at radius 1 is 1.33 bits per heavy atom. The van der Waals surface area contributed by atoms with E-state index >= 15 is 0 Å². The van der Waals surface area contributed by atoms with Gasteiger partial charge in [0.25, 0.3) is 11.7 Å². The number of nitrogens with two attached hydrogens (primary N) is 1. The highest BCUT2D eigenvalue weighted by molar-refractivity contribution is 7.19. The smallest absolute Gasteiger partial charge is 0.289 e. The number of amides is 1. The number of ether oxygens (including phenoxy) is 3. The van der Waals surface area contributed by atoms with E-state index < -0.39 is 18.0 Å². The molecule has 2 aromatic rings. The molecule has 1 amide bonds. The van der Waals surface area contributed by atoms with Crippen LogP contribution in [0.15, 0.2) is 18.2 Å². The molecule has 24 heavy (non-hydrogen) atoms. The Balaban J connectivity index is 1.96. The van der Waals surface area contributed by atoms with Crippen molar-refractivity contribution < 1.29 is 23.8 Å². The summed E-state index contributed by atoms with van der Waals surface area (Å²) in [6.45, 7) is 3.44. The van der Waals surface area contributed by atoms with Crippen molar-refractivity contribution in [3.05, 3.63) is 28.6 Å². The summed E-state index contributed by atoms with van der Waals surface area (Å²) in [5.74, 6) is -1.11. The molecule has 0 bridgehead atoms.